The zero-order valence-corrected chi connectivity index (χ0v) is 19.9. The Hall–Kier alpha value is -3.39. The lowest BCUT2D eigenvalue weighted by Gasteiger charge is -2.21. The quantitative estimate of drug-likeness (QED) is 0.387. The number of para-hydroxylation sites is 1. The van der Waals surface area contributed by atoms with E-state index in [-0.39, 0.29) is 30.6 Å². The molecule has 2 atom stereocenters. The van der Waals surface area contributed by atoms with Crippen molar-refractivity contribution in [3.8, 4) is 11.1 Å². The van der Waals surface area contributed by atoms with Crippen LogP contribution in [0.3, 0.4) is 0 Å². The van der Waals surface area contributed by atoms with Crippen LogP contribution in [0.2, 0.25) is 0 Å². The molecule has 0 aliphatic heterocycles. The van der Waals surface area contributed by atoms with Crippen LogP contribution in [0.4, 0.5) is 9.18 Å². The van der Waals surface area contributed by atoms with Crippen molar-refractivity contribution in [2.45, 2.75) is 45.8 Å². The number of fused-ring (bicyclic) bond motifs is 1. The highest BCUT2D eigenvalue weighted by Crippen LogP contribution is 2.34. The lowest BCUT2D eigenvalue weighted by molar-refractivity contribution is 0.0508. The van der Waals surface area contributed by atoms with Gasteiger partial charge in [-0.3, -0.25) is 4.79 Å². The monoisotopic (exact) mass is 469 g/mol. The number of H-pyrrole nitrogens is 1. The second kappa shape index (κ2) is 10.7. The van der Waals surface area contributed by atoms with Crippen molar-refractivity contribution in [3.05, 3.63) is 60.0 Å². The van der Waals surface area contributed by atoms with E-state index in [0.717, 1.165) is 10.9 Å². The molecule has 0 aliphatic rings. The van der Waals surface area contributed by atoms with Crippen molar-refractivity contribution in [2.24, 2.45) is 5.92 Å². The first-order valence-electron chi connectivity index (χ1n) is 11.4. The molecule has 8 heteroatoms. The van der Waals surface area contributed by atoms with Crippen molar-refractivity contribution in [1.82, 2.24) is 15.6 Å². The van der Waals surface area contributed by atoms with Gasteiger partial charge in [0.25, 0.3) is 5.91 Å². The molecule has 2 aromatic carbocycles. The molecule has 4 N–H and O–H groups in total. The molecule has 0 saturated heterocycles. The average molecular weight is 470 g/mol. The highest BCUT2D eigenvalue weighted by Gasteiger charge is 2.23. The molecule has 7 nitrogen and oxygen atoms in total. The Balaban J connectivity index is 1.64. The van der Waals surface area contributed by atoms with Crippen LogP contribution in [0.25, 0.3) is 22.0 Å². The average Bonchev–Trinajstić information content (AvgIpc) is 3.15. The Morgan fingerprint density at radius 1 is 1.09 bits per heavy atom. The number of aliphatic hydroxyl groups is 1. The number of hydrogen-bond acceptors (Lipinski definition) is 4. The van der Waals surface area contributed by atoms with Gasteiger partial charge in [-0.25, -0.2) is 9.18 Å². The molecule has 0 fully saturated rings. The molecular weight excluding hydrogens is 437 g/mol. The fourth-order valence-corrected chi connectivity index (χ4v) is 3.65. The van der Waals surface area contributed by atoms with Crippen LogP contribution in [0.15, 0.2) is 48.5 Å². The molecule has 1 heterocycles. The number of halogens is 1. The molecule has 0 aliphatic carbocycles. The number of rotatable bonds is 8. The number of ether oxygens (including phenoxy) is 1. The SMILES string of the molecule is C[C@@H](CNC(=O)c1[nH]c2ccccc2c1-c1ccccc1F)C(O)CCNC(=O)OC(C)(C)C. The summed E-state index contributed by atoms with van der Waals surface area (Å²) in [6.45, 7) is 7.58. The number of aliphatic hydroxyl groups excluding tert-OH is 1. The van der Waals surface area contributed by atoms with E-state index < -0.39 is 23.6 Å². The number of amides is 2. The zero-order valence-electron chi connectivity index (χ0n) is 19.9. The minimum Gasteiger partial charge on any atom is -0.444 e. The highest BCUT2D eigenvalue weighted by molar-refractivity contribution is 6.09. The normalized spacial score (nSPS) is 13.4. The minimum absolute atomic E-state index is 0.207. The summed E-state index contributed by atoms with van der Waals surface area (Å²) in [5.74, 6) is -1.08. The van der Waals surface area contributed by atoms with Gasteiger partial charge >= 0.3 is 6.09 Å². The maximum atomic E-state index is 14.6. The predicted molar refractivity (Wildman–Crippen MR) is 130 cm³/mol. The standard InChI is InChI=1S/C26H32FN3O4/c1-16(21(31)13-14-28-25(33)34-26(2,3)4)15-29-24(32)23-22(17-9-5-7-11-19(17)27)18-10-6-8-12-20(18)30-23/h5-12,16,21,30-31H,13-15H2,1-4H3,(H,28,33)(H,29,32)/t16-,21?/m0/s1. The summed E-state index contributed by atoms with van der Waals surface area (Å²) < 4.78 is 19.8. The number of benzene rings is 2. The molecule has 3 aromatic rings. The Labute approximate surface area is 198 Å². The molecule has 3 rings (SSSR count). The number of carbonyl (C=O) groups is 2. The third-order valence-corrected chi connectivity index (χ3v) is 5.43. The van der Waals surface area contributed by atoms with Gasteiger partial charge in [-0.15, -0.1) is 0 Å². The second-order valence-electron chi connectivity index (χ2n) is 9.37. The number of aromatic amines is 1. The Bertz CT molecular complexity index is 1150. The maximum absolute atomic E-state index is 14.6. The van der Waals surface area contributed by atoms with Crippen LogP contribution in [0.5, 0.6) is 0 Å². The number of carbonyl (C=O) groups excluding carboxylic acids is 2. The number of aromatic nitrogens is 1. The van der Waals surface area contributed by atoms with Crippen LogP contribution < -0.4 is 10.6 Å². The smallest absolute Gasteiger partial charge is 0.407 e. The van der Waals surface area contributed by atoms with Crippen LogP contribution >= 0.6 is 0 Å². The van der Waals surface area contributed by atoms with Gasteiger partial charge in [0, 0.05) is 35.1 Å². The van der Waals surface area contributed by atoms with Crippen molar-refractivity contribution in [1.29, 1.82) is 0 Å². The van der Waals surface area contributed by atoms with E-state index in [1.165, 1.54) is 6.07 Å². The second-order valence-corrected chi connectivity index (χ2v) is 9.37. The lowest BCUT2D eigenvalue weighted by atomic mass is 10.00. The van der Waals surface area contributed by atoms with E-state index in [1.54, 1.807) is 45.9 Å². The Kier molecular flexibility index (Phi) is 7.94. The van der Waals surface area contributed by atoms with Crippen molar-refractivity contribution in [2.75, 3.05) is 13.1 Å². The number of nitrogens with one attached hydrogen (secondary N) is 3. The first-order valence-corrected chi connectivity index (χ1v) is 11.4. The van der Waals surface area contributed by atoms with Crippen LogP contribution in [-0.4, -0.2) is 46.9 Å². The highest BCUT2D eigenvalue weighted by atomic mass is 19.1. The molecule has 34 heavy (non-hydrogen) atoms. The fraction of sp³-hybridized carbons (Fsp3) is 0.385. The molecule has 0 radical (unpaired) electrons. The van der Waals surface area contributed by atoms with Gasteiger partial charge in [0.2, 0.25) is 0 Å². The zero-order chi connectivity index (χ0) is 24.9. The van der Waals surface area contributed by atoms with Gasteiger partial charge in [-0.05, 0) is 45.2 Å². The van der Waals surface area contributed by atoms with Gasteiger partial charge in [-0.1, -0.05) is 43.3 Å². The van der Waals surface area contributed by atoms with E-state index >= 15 is 0 Å². The van der Waals surface area contributed by atoms with Gasteiger partial charge in [0.1, 0.15) is 17.1 Å². The first-order chi connectivity index (χ1) is 16.1. The number of hydrogen-bond donors (Lipinski definition) is 4. The van der Waals surface area contributed by atoms with Crippen LogP contribution in [0, 0.1) is 11.7 Å². The van der Waals surface area contributed by atoms with Crippen molar-refractivity contribution < 1.29 is 23.8 Å². The summed E-state index contributed by atoms with van der Waals surface area (Å²) in [6, 6.07) is 13.7. The van der Waals surface area contributed by atoms with Crippen molar-refractivity contribution >= 4 is 22.9 Å². The molecule has 0 saturated carbocycles. The van der Waals surface area contributed by atoms with E-state index in [1.807, 2.05) is 24.3 Å². The summed E-state index contributed by atoms with van der Waals surface area (Å²) in [5, 5.41) is 16.6. The summed E-state index contributed by atoms with van der Waals surface area (Å²) >= 11 is 0. The number of alkyl carbamates (subject to hydrolysis) is 1. The molecule has 0 spiro atoms. The van der Waals surface area contributed by atoms with E-state index in [4.69, 9.17) is 4.74 Å². The molecular formula is C26H32FN3O4. The van der Waals surface area contributed by atoms with Gasteiger partial charge in [0.15, 0.2) is 0 Å². The molecule has 0 bridgehead atoms. The van der Waals surface area contributed by atoms with Gasteiger partial charge in [-0.2, -0.15) is 0 Å². The lowest BCUT2D eigenvalue weighted by Crippen LogP contribution is -2.37. The minimum atomic E-state index is -0.746. The molecule has 1 unspecified atom stereocenters. The topological polar surface area (TPSA) is 103 Å². The largest absolute Gasteiger partial charge is 0.444 e. The molecule has 182 valence electrons. The Morgan fingerprint density at radius 3 is 2.47 bits per heavy atom. The first kappa shape index (κ1) is 25.2. The third kappa shape index (κ3) is 6.35. The summed E-state index contributed by atoms with van der Waals surface area (Å²) in [4.78, 5) is 27.9. The summed E-state index contributed by atoms with van der Waals surface area (Å²) in [7, 11) is 0. The van der Waals surface area contributed by atoms with Crippen LogP contribution in [-0.2, 0) is 4.74 Å². The van der Waals surface area contributed by atoms with Gasteiger partial charge < -0.3 is 25.5 Å². The van der Waals surface area contributed by atoms with Crippen LogP contribution in [0.1, 0.15) is 44.6 Å². The summed E-state index contributed by atoms with van der Waals surface area (Å²) in [5.41, 5.74) is 1.24. The molecule has 2 amide bonds. The van der Waals surface area contributed by atoms with Gasteiger partial charge in [0.05, 0.1) is 6.10 Å². The maximum Gasteiger partial charge on any atom is 0.407 e. The summed E-state index contributed by atoms with van der Waals surface area (Å²) in [6.07, 6.45) is -0.979. The van der Waals surface area contributed by atoms with E-state index in [9.17, 15) is 19.1 Å². The fourth-order valence-electron chi connectivity index (χ4n) is 3.65. The van der Waals surface area contributed by atoms with E-state index in [0.29, 0.717) is 17.5 Å². The predicted octanol–water partition coefficient (Wildman–Crippen LogP) is 4.62. The van der Waals surface area contributed by atoms with Crippen molar-refractivity contribution in [3.63, 3.8) is 0 Å². The molecule has 1 aromatic heterocycles. The third-order valence-electron chi connectivity index (χ3n) is 5.43. The Morgan fingerprint density at radius 2 is 1.76 bits per heavy atom. The van der Waals surface area contributed by atoms with E-state index in [2.05, 4.69) is 15.6 Å².